The number of amides is 1. The van der Waals surface area contributed by atoms with Crippen LogP contribution in [-0.4, -0.2) is 34.9 Å². The average Bonchev–Trinajstić information content (AvgIpc) is 3.32. The summed E-state index contributed by atoms with van der Waals surface area (Å²) in [6.07, 6.45) is 0.741. The zero-order valence-corrected chi connectivity index (χ0v) is 22.5. The molecule has 1 N–H and O–H groups in total. The zero-order chi connectivity index (χ0) is 26.2. The standard InChI is InChI=1S/C29H32N4O3S/c1-20-14-21(2)16-22(15-20)19-37-29-32-31-27(33(29)24-9-7-10-25(17-24)35-3)12-13-28(34)30-18-23-8-5-6-11-26(23)36-4/h5-11,14-17H,12-13,18-19H2,1-4H3,(H,30,34). The van der Waals surface area contributed by atoms with Crippen LogP contribution in [0.4, 0.5) is 0 Å². The number of ether oxygens (including phenoxy) is 2. The maximum Gasteiger partial charge on any atom is 0.220 e. The highest BCUT2D eigenvalue weighted by atomic mass is 32.2. The number of carbonyl (C=O) groups is 1. The average molecular weight is 517 g/mol. The van der Waals surface area contributed by atoms with E-state index in [4.69, 9.17) is 9.47 Å². The summed E-state index contributed by atoms with van der Waals surface area (Å²) < 4.78 is 12.8. The Morgan fingerprint density at radius 3 is 2.49 bits per heavy atom. The molecule has 0 aliphatic heterocycles. The molecule has 0 saturated carbocycles. The molecule has 0 atom stereocenters. The first kappa shape index (κ1) is 26.3. The van der Waals surface area contributed by atoms with Crippen molar-refractivity contribution in [3.05, 3.63) is 94.8 Å². The number of hydrogen-bond donors (Lipinski definition) is 1. The van der Waals surface area contributed by atoms with Crippen molar-refractivity contribution in [2.45, 2.75) is 44.1 Å². The number of aryl methyl sites for hydroxylation is 3. The minimum atomic E-state index is -0.0597. The van der Waals surface area contributed by atoms with Crippen LogP contribution in [0.25, 0.3) is 5.69 Å². The van der Waals surface area contributed by atoms with Crippen molar-refractivity contribution >= 4 is 17.7 Å². The predicted octanol–water partition coefficient (Wildman–Crippen LogP) is 5.44. The lowest BCUT2D eigenvalue weighted by Crippen LogP contribution is -2.23. The molecule has 1 amide bonds. The highest BCUT2D eigenvalue weighted by molar-refractivity contribution is 7.98. The smallest absolute Gasteiger partial charge is 0.220 e. The lowest BCUT2D eigenvalue weighted by molar-refractivity contribution is -0.121. The molecule has 0 aliphatic carbocycles. The summed E-state index contributed by atoms with van der Waals surface area (Å²) in [5.41, 5.74) is 5.55. The third-order valence-electron chi connectivity index (χ3n) is 5.91. The second kappa shape index (κ2) is 12.5. The molecule has 4 rings (SSSR count). The van der Waals surface area contributed by atoms with Crippen LogP contribution >= 0.6 is 11.8 Å². The summed E-state index contributed by atoms with van der Waals surface area (Å²) >= 11 is 1.63. The number of aromatic nitrogens is 3. The number of carbonyl (C=O) groups excluding carboxylic acids is 1. The van der Waals surface area contributed by atoms with Gasteiger partial charge in [0.1, 0.15) is 17.3 Å². The van der Waals surface area contributed by atoms with Gasteiger partial charge in [-0.1, -0.05) is 65.4 Å². The van der Waals surface area contributed by atoms with Gasteiger partial charge < -0.3 is 14.8 Å². The summed E-state index contributed by atoms with van der Waals surface area (Å²) in [4.78, 5) is 12.7. The summed E-state index contributed by atoms with van der Waals surface area (Å²) in [6, 6.07) is 22.0. The lowest BCUT2D eigenvalue weighted by Gasteiger charge is -2.12. The normalized spacial score (nSPS) is 10.8. The van der Waals surface area contributed by atoms with Crippen molar-refractivity contribution in [2.75, 3.05) is 14.2 Å². The van der Waals surface area contributed by atoms with Gasteiger partial charge in [-0.2, -0.15) is 0 Å². The highest BCUT2D eigenvalue weighted by Gasteiger charge is 2.17. The van der Waals surface area contributed by atoms with E-state index in [9.17, 15) is 4.79 Å². The Kier molecular flexibility index (Phi) is 8.85. The minimum Gasteiger partial charge on any atom is -0.497 e. The second-order valence-electron chi connectivity index (χ2n) is 8.81. The molecule has 1 heterocycles. The summed E-state index contributed by atoms with van der Waals surface area (Å²) in [5, 5.41) is 12.7. The van der Waals surface area contributed by atoms with E-state index in [1.165, 1.54) is 16.7 Å². The largest absolute Gasteiger partial charge is 0.497 e. The summed E-state index contributed by atoms with van der Waals surface area (Å²) in [5.74, 6) is 2.94. The molecule has 3 aromatic carbocycles. The van der Waals surface area contributed by atoms with E-state index in [0.717, 1.165) is 39.5 Å². The molecule has 0 spiro atoms. The van der Waals surface area contributed by atoms with Crippen LogP contribution < -0.4 is 14.8 Å². The van der Waals surface area contributed by atoms with Gasteiger partial charge in [-0.05, 0) is 37.6 Å². The summed E-state index contributed by atoms with van der Waals surface area (Å²) in [6.45, 7) is 4.62. The Morgan fingerprint density at radius 2 is 1.73 bits per heavy atom. The molecule has 7 nitrogen and oxygen atoms in total. The fraction of sp³-hybridized carbons (Fsp3) is 0.276. The summed E-state index contributed by atoms with van der Waals surface area (Å²) in [7, 11) is 3.27. The quantitative estimate of drug-likeness (QED) is 0.267. The van der Waals surface area contributed by atoms with Crippen molar-refractivity contribution in [2.24, 2.45) is 0 Å². The maximum atomic E-state index is 12.7. The van der Waals surface area contributed by atoms with Gasteiger partial charge in [0, 0.05) is 36.8 Å². The molecule has 0 radical (unpaired) electrons. The number of para-hydroxylation sites is 1. The molecule has 0 aliphatic rings. The zero-order valence-electron chi connectivity index (χ0n) is 21.7. The van der Waals surface area contributed by atoms with Crippen LogP contribution in [0.1, 0.15) is 34.5 Å². The Morgan fingerprint density at radius 1 is 0.946 bits per heavy atom. The first-order valence-corrected chi connectivity index (χ1v) is 13.1. The van der Waals surface area contributed by atoms with E-state index in [2.05, 4.69) is 47.6 Å². The molecule has 1 aromatic heterocycles. The monoisotopic (exact) mass is 516 g/mol. The van der Waals surface area contributed by atoms with E-state index < -0.39 is 0 Å². The topological polar surface area (TPSA) is 78.3 Å². The predicted molar refractivity (Wildman–Crippen MR) is 147 cm³/mol. The maximum absolute atomic E-state index is 12.7. The van der Waals surface area contributed by atoms with Gasteiger partial charge in [-0.25, -0.2) is 0 Å². The van der Waals surface area contributed by atoms with E-state index in [0.29, 0.717) is 19.4 Å². The van der Waals surface area contributed by atoms with Crippen molar-refractivity contribution in [1.29, 1.82) is 0 Å². The van der Waals surface area contributed by atoms with E-state index >= 15 is 0 Å². The Balaban J connectivity index is 1.50. The first-order valence-electron chi connectivity index (χ1n) is 12.1. The Bertz CT molecular complexity index is 1350. The van der Waals surface area contributed by atoms with Crippen molar-refractivity contribution in [3.8, 4) is 17.2 Å². The van der Waals surface area contributed by atoms with Crippen molar-refractivity contribution < 1.29 is 14.3 Å². The van der Waals surface area contributed by atoms with Gasteiger partial charge in [0.2, 0.25) is 5.91 Å². The molecule has 4 aromatic rings. The van der Waals surface area contributed by atoms with Gasteiger partial charge in [-0.3, -0.25) is 9.36 Å². The fourth-order valence-electron chi connectivity index (χ4n) is 4.22. The van der Waals surface area contributed by atoms with Gasteiger partial charge >= 0.3 is 0 Å². The number of rotatable bonds is 11. The minimum absolute atomic E-state index is 0.0597. The highest BCUT2D eigenvalue weighted by Crippen LogP contribution is 2.28. The second-order valence-corrected chi connectivity index (χ2v) is 9.75. The first-order chi connectivity index (χ1) is 18.0. The van der Waals surface area contributed by atoms with Crippen LogP contribution in [0.3, 0.4) is 0 Å². The van der Waals surface area contributed by atoms with E-state index in [1.807, 2.05) is 53.1 Å². The van der Waals surface area contributed by atoms with Crippen LogP contribution in [0.2, 0.25) is 0 Å². The molecular weight excluding hydrogens is 484 g/mol. The van der Waals surface area contributed by atoms with Gasteiger partial charge in [0.25, 0.3) is 0 Å². The van der Waals surface area contributed by atoms with Gasteiger partial charge in [0.05, 0.1) is 19.9 Å². The number of methoxy groups -OCH3 is 2. The van der Waals surface area contributed by atoms with Crippen LogP contribution in [0.5, 0.6) is 11.5 Å². The molecule has 0 unspecified atom stereocenters. The van der Waals surface area contributed by atoms with Gasteiger partial charge in [0.15, 0.2) is 5.16 Å². The molecule has 37 heavy (non-hydrogen) atoms. The van der Waals surface area contributed by atoms with E-state index in [-0.39, 0.29) is 5.91 Å². The Hall–Kier alpha value is -3.78. The number of thioether (sulfide) groups is 1. The van der Waals surface area contributed by atoms with Crippen LogP contribution in [0.15, 0.2) is 71.9 Å². The number of benzene rings is 3. The van der Waals surface area contributed by atoms with Crippen LogP contribution in [0, 0.1) is 13.8 Å². The molecule has 8 heteroatoms. The molecule has 192 valence electrons. The van der Waals surface area contributed by atoms with Crippen molar-refractivity contribution in [1.82, 2.24) is 20.1 Å². The third kappa shape index (κ3) is 6.92. The van der Waals surface area contributed by atoms with Crippen LogP contribution in [-0.2, 0) is 23.5 Å². The molecular formula is C29H32N4O3S. The number of nitrogens with one attached hydrogen (secondary N) is 1. The lowest BCUT2D eigenvalue weighted by atomic mass is 10.1. The Labute approximate surface area is 222 Å². The number of hydrogen-bond acceptors (Lipinski definition) is 6. The van der Waals surface area contributed by atoms with Gasteiger partial charge in [-0.15, -0.1) is 10.2 Å². The number of nitrogens with zero attached hydrogens (tertiary/aromatic N) is 3. The molecule has 0 saturated heterocycles. The van der Waals surface area contributed by atoms with Crippen molar-refractivity contribution in [3.63, 3.8) is 0 Å². The third-order valence-corrected chi connectivity index (χ3v) is 6.91. The fourth-order valence-corrected chi connectivity index (χ4v) is 5.12. The molecule has 0 bridgehead atoms. The SMILES string of the molecule is COc1cccc(-n2c(CCC(=O)NCc3ccccc3OC)nnc2SCc2cc(C)cc(C)c2)c1. The van der Waals surface area contributed by atoms with E-state index in [1.54, 1.807) is 26.0 Å². The molecule has 0 fully saturated rings.